The molecule has 1 unspecified atom stereocenters. The standard InChI is InChI=1S/C14H19P/c1-2-3-4-5-6-7-10-13-11-8-9-12-14(13)15/h2-3,7-12H,4-6,15H2,1H3. The highest BCUT2D eigenvalue weighted by Crippen LogP contribution is 2.05. The van der Waals surface area contributed by atoms with Crippen LogP contribution in [0, 0.1) is 0 Å². The van der Waals surface area contributed by atoms with E-state index in [1.165, 1.54) is 23.7 Å². The molecule has 1 atom stereocenters. The van der Waals surface area contributed by atoms with Crippen LogP contribution in [0.2, 0.25) is 0 Å². The predicted octanol–water partition coefficient (Wildman–Crippen LogP) is 3.95. The van der Waals surface area contributed by atoms with Crippen LogP contribution in [0.4, 0.5) is 0 Å². The molecule has 0 bridgehead atoms. The summed E-state index contributed by atoms with van der Waals surface area (Å²) in [5, 5.41) is 1.27. The monoisotopic (exact) mass is 218 g/mol. The molecule has 0 saturated heterocycles. The third-order valence-electron chi connectivity index (χ3n) is 2.27. The summed E-state index contributed by atoms with van der Waals surface area (Å²) in [6, 6.07) is 8.40. The van der Waals surface area contributed by atoms with Crippen LogP contribution in [0.25, 0.3) is 6.08 Å². The minimum atomic E-state index is 1.16. The number of rotatable bonds is 5. The molecule has 80 valence electrons. The highest BCUT2D eigenvalue weighted by atomic mass is 31.0. The molecule has 0 nitrogen and oxygen atoms in total. The lowest BCUT2D eigenvalue weighted by molar-refractivity contribution is 0.869. The third-order valence-corrected chi connectivity index (χ3v) is 2.80. The molecule has 0 fully saturated rings. The zero-order valence-corrected chi connectivity index (χ0v) is 10.5. The maximum Gasteiger partial charge on any atom is -0.0188 e. The van der Waals surface area contributed by atoms with Crippen LogP contribution < -0.4 is 5.30 Å². The molecule has 0 radical (unpaired) electrons. The highest BCUT2D eigenvalue weighted by molar-refractivity contribution is 7.27. The first-order chi connectivity index (χ1) is 7.34. The SMILES string of the molecule is CC=CCCCC=Cc1ccccc1P. The molecule has 0 heterocycles. The van der Waals surface area contributed by atoms with E-state index < -0.39 is 0 Å². The summed E-state index contributed by atoms with van der Waals surface area (Å²) in [6.45, 7) is 2.07. The summed E-state index contributed by atoms with van der Waals surface area (Å²) in [4.78, 5) is 0. The Balaban J connectivity index is 2.35. The second-order valence-electron chi connectivity index (χ2n) is 3.53. The van der Waals surface area contributed by atoms with Crippen LogP contribution in [0.5, 0.6) is 0 Å². The van der Waals surface area contributed by atoms with Crippen molar-refractivity contribution < 1.29 is 0 Å². The topological polar surface area (TPSA) is 0 Å². The highest BCUT2D eigenvalue weighted by Gasteiger charge is 1.90. The number of unbranched alkanes of at least 4 members (excludes halogenated alkanes) is 2. The van der Waals surface area contributed by atoms with Gasteiger partial charge in [0.1, 0.15) is 0 Å². The molecule has 0 aliphatic rings. The lowest BCUT2D eigenvalue weighted by Crippen LogP contribution is -1.93. The Kier molecular flexibility index (Phi) is 6.04. The van der Waals surface area contributed by atoms with Gasteiger partial charge in [0.15, 0.2) is 0 Å². The minimum absolute atomic E-state index is 1.16. The molecule has 0 amide bonds. The van der Waals surface area contributed by atoms with Gasteiger partial charge in [-0.15, -0.1) is 9.24 Å². The fourth-order valence-electron chi connectivity index (χ4n) is 1.39. The molecule has 1 rings (SSSR count). The molecular formula is C14H19P. The van der Waals surface area contributed by atoms with Crippen LogP contribution in [0.3, 0.4) is 0 Å². The maximum absolute atomic E-state index is 2.76. The van der Waals surface area contributed by atoms with Gasteiger partial charge in [0, 0.05) is 0 Å². The smallest absolute Gasteiger partial charge is 0.0188 e. The van der Waals surface area contributed by atoms with E-state index in [9.17, 15) is 0 Å². The van der Waals surface area contributed by atoms with E-state index in [2.05, 4.69) is 64.7 Å². The summed E-state index contributed by atoms with van der Waals surface area (Å²) in [7, 11) is 2.76. The first-order valence-corrected chi connectivity index (χ1v) is 6.04. The van der Waals surface area contributed by atoms with Crippen molar-refractivity contribution in [2.24, 2.45) is 0 Å². The van der Waals surface area contributed by atoms with Crippen molar-refractivity contribution in [3.63, 3.8) is 0 Å². The van der Waals surface area contributed by atoms with Crippen LogP contribution in [-0.4, -0.2) is 0 Å². The molecule has 0 aliphatic carbocycles. The first-order valence-electron chi connectivity index (χ1n) is 5.47. The van der Waals surface area contributed by atoms with E-state index in [0.29, 0.717) is 0 Å². The molecular weight excluding hydrogens is 199 g/mol. The van der Waals surface area contributed by atoms with E-state index in [1.54, 1.807) is 0 Å². The second kappa shape index (κ2) is 7.43. The van der Waals surface area contributed by atoms with Crippen molar-refractivity contribution in [1.82, 2.24) is 0 Å². The van der Waals surface area contributed by atoms with Crippen molar-refractivity contribution in [3.8, 4) is 0 Å². The molecule has 0 saturated carbocycles. The summed E-state index contributed by atoms with van der Waals surface area (Å²) in [5.41, 5.74) is 1.30. The maximum atomic E-state index is 2.76. The van der Waals surface area contributed by atoms with Crippen LogP contribution in [0.15, 0.2) is 42.5 Å². The molecule has 0 spiro atoms. The predicted molar refractivity (Wildman–Crippen MR) is 73.5 cm³/mol. The molecule has 1 heteroatoms. The third kappa shape index (κ3) is 4.95. The average molecular weight is 218 g/mol. The Morgan fingerprint density at radius 1 is 1.13 bits per heavy atom. The van der Waals surface area contributed by atoms with Crippen LogP contribution in [0.1, 0.15) is 31.7 Å². The van der Waals surface area contributed by atoms with Crippen molar-refractivity contribution >= 4 is 20.6 Å². The lowest BCUT2D eigenvalue weighted by atomic mass is 10.1. The molecule has 1 aromatic carbocycles. The van der Waals surface area contributed by atoms with E-state index in [1.807, 2.05) is 0 Å². The minimum Gasteiger partial charge on any atom is -0.105 e. The van der Waals surface area contributed by atoms with Crippen molar-refractivity contribution in [1.29, 1.82) is 0 Å². The van der Waals surface area contributed by atoms with E-state index in [4.69, 9.17) is 0 Å². The molecule has 1 aromatic rings. The van der Waals surface area contributed by atoms with Gasteiger partial charge in [0.05, 0.1) is 0 Å². The average Bonchev–Trinajstić information content (AvgIpc) is 2.25. The van der Waals surface area contributed by atoms with Crippen molar-refractivity contribution in [2.75, 3.05) is 0 Å². The zero-order chi connectivity index (χ0) is 10.9. The molecule has 0 aliphatic heterocycles. The van der Waals surface area contributed by atoms with Gasteiger partial charge in [-0.05, 0) is 37.1 Å². The number of allylic oxidation sites excluding steroid dienone is 3. The van der Waals surface area contributed by atoms with Crippen LogP contribution >= 0.6 is 9.24 Å². The normalized spacial score (nSPS) is 11.6. The number of benzene rings is 1. The Morgan fingerprint density at radius 3 is 2.60 bits per heavy atom. The lowest BCUT2D eigenvalue weighted by Gasteiger charge is -1.97. The Bertz CT molecular complexity index is 337. The van der Waals surface area contributed by atoms with Crippen molar-refractivity contribution in [3.05, 3.63) is 48.1 Å². The van der Waals surface area contributed by atoms with Gasteiger partial charge in [0.2, 0.25) is 0 Å². The van der Waals surface area contributed by atoms with Gasteiger partial charge in [-0.3, -0.25) is 0 Å². The zero-order valence-electron chi connectivity index (χ0n) is 9.32. The second-order valence-corrected chi connectivity index (χ2v) is 4.15. The fourth-order valence-corrected chi connectivity index (χ4v) is 1.70. The van der Waals surface area contributed by atoms with Crippen molar-refractivity contribution in [2.45, 2.75) is 26.2 Å². The van der Waals surface area contributed by atoms with Crippen LogP contribution in [-0.2, 0) is 0 Å². The van der Waals surface area contributed by atoms with Gasteiger partial charge in [-0.2, -0.15) is 0 Å². The van der Waals surface area contributed by atoms with E-state index >= 15 is 0 Å². The number of hydrogen-bond donors (Lipinski definition) is 0. The molecule has 15 heavy (non-hydrogen) atoms. The van der Waals surface area contributed by atoms with E-state index in [-0.39, 0.29) is 0 Å². The summed E-state index contributed by atoms with van der Waals surface area (Å²) >= 11 is 0. The van der Waals surface area contributed by atoms with Gasteiger partial charge in [0.25, 0.3) is 0 Å². The summed E-state index contributed by atoms with van der Waals surface area (Å²) < 4.78 is 0. The van der Waals surface area contributed by atoms with Gasteiger partial charge >= 0.3 is 0 Å². The van der Waals surface area contributed by atoms with E-state index in [0.717, 1.165) is 6.42 Å². The molecule has 0 N–H and O–H groups in total. The Morgan fingerprint density at radius 2 is 1.87 bits per heavy atom. The van der Waals surface area contributed by atoms with Gasteiger partial charge < -0.3 is 0 Å². The Labute approximate surface area is 95.3 Å². The summed E-state index contributed by atoms with van der Waals surface area (Å²) in [5.74, 6) is 0. The quantitative estimate of drug-likeness (QED) is 0.399. The molecule has 0 aromatic heterocycles. The fraction of sp³-hybridized carbons (Fsp3) is 0.286. The largest absolute Gasteiger partial charge is 0.105 e. The number of hydrogen-bond acceptors (Lipinski definition) is 0. The summed E-state index contributed by atoms with van der Waals surface area (Å²) in [6.07, 6.45) is 12.4. The Hall–Kier alpha value is -0.870. The van der Waals surface area contributed by atoms with Gasteiger partial charge in [-0.25, -0.2) is 0 Å². The van der Waals surface area contributed by atoms with Gasteiger partial charge in [-0.1, -0.05) is 48.6 Å². The first kappa shape index (κ1) is 12.2.